The van der Waals surface area contributed by atoms with Crippen LogP contribution in [-0.2, 0) is 9.53 Å². The van der Waals surface area contributed by atoms with Crippen molar-refractivity contribution in [3.8, 4) is 6.07 Å². The van der Waals surface area contributed by atoms with E-state index in [4.69, 9.17) is 10.00 Å². The summed E-state index contributed by atoms with van der Waals surface area (Å²) in [5, 5.41) is 11.3. The Hall–Kier alpha value is -1.77. The fraction of sp³-hybridized carbons (Fsp3) is 0.786. The molecule has 1 saturated carbocycles. The lowest BCUT2D eigenvalue weighted by molar-refractivity contribution is -0.137. The van der Waals surface area contributed by atoms with Crippen molar-refractivity contribution in [2.24, 2.45) is 0 Å². The molecule has 1 rings (SSSR count). The standard InChI is InChI=1S/C14H23N3O3/c1-13(2,3)20-12(19)16-10-14(7-5-8-14)17(4)11(18)6-9-15/h5-8,10H2,1-4H3,(H,16,19). The number of nitriles is 1. The van der Waals surface area contributed by atoms with Crippen LogP contribution in [0.25, 0.3) is 0 Å². The first kappa shape index (κ1) is 16.3. The molecule has 0 aromatic carbocycles. The van der Waals surface area contributed by atoms with Gasteiger partial charge in [-0.25, -0.2) is 4.79 Å². The van der Waals surface area contributed by atoms with Gasteiger partial charge in [0.15, 0.2) is 0 Å². The predicted octanol–water partition coefficient (Wildman–Crippen LogP) is 1.81. The molecule has 1 aliphatic carbocycles. The van der Waals surface area contributed by atoms with Crippen LogP contribution in [0.3, 0.4) is 0 Å². The lowest BCUT2D eigenvalue weighted by Gasteiger charge is -2.48. The SMILES string of the molecule is CN(C(=O)CC#N)C1(CNC(=O)OC(C)(C)C)CCC1. The third-order valence-corrected chi connectivity index (χ3v) is 3.56. The summed E-state index contributed by atoms with van der Waals surface area (Å²) >= 11 is 0. The first-order valence-corrected chi connectivity index (χ1v) is 6.81. The highest BCUT2D eigenvalue weighted by Gasteiger charge is 2.43. The zero-order chi connectivity index (χ0) is 15.4. The maximum absolute atomic E-state index is 11.8. The molecule has 0 aliphatic heterocycles. The summed E-state index contributed by atoms with van der Waals surface area (Å²) in [5.74, 6) is -0.210. The number of hydrogen-bond donors (Lipinski definition) is 1. The second kappa shape index (κ2) is 6.12. The normalized spacial score (nSPS) is 16.6. The summed E-state index contributed by atoms with van der Waals surface area (Å²) in [6.07, 6.45) is 2.06. The van der Waals surface area contributed by atoms with Crippen molar-refractivity contribution in [3.63, 3.8) is 0 Å². The Kier molecular flexibility index (Phi) is 4.98. The van der Waals surface area contributed by atoms with Gasteiger partial charge in [0.2, 0.25) is 5.91 Å². The topological polar surface area (TPSA) is 82.4 Å². The van der Waals surface area contributed by atoms with Crippen LogP contribution in [0.1, 0.15) is 46.5 Å². The molecule has 0 radical (unpaired) electrons. The van der Waals surface area contributed by atoms with E-state index in [1.807, 2.05) is 6.07 Å². The van der Waals surface area contributed by atoms with Gasteiger partial charge in [0, 0.05) is 13.6 Å². The van der Waals surface area contributed by atoms with Crippen LogP contribution in [0, 0.1) is 11.3 Å². The number of amides is 2. The molecule has 0 atom stereocenters. The molecule has 0 aromatic rings. The van der Waals surface area contributed by atoms with Crippen molar-refractivity contribution in [2.75, 3.05) is 13.6 Å². The number of nitrogens with zero attached hydrogens (tertiary/aromatic N) is 2. The molecule has 20 heavy (non-hydrogen) atoms. The summed E-state index contributed by atoms with van der Waals surface area (Å²) in [6, 6.07) is 1.86. The van der Waals surface area contributed by atoms with E-state index in [1.54, 1.807) is 32.7 Å². The maximum atomic E-state index is 11.8. The van der Waals surface area contributed by atoms with E-state index in [1.165, 1.54) is 0 Å². The van der Waals surface area contributed by atoms with Crippen LogP contribution < -0.4 is 5.32 Å². The Labute approximate surface area is 120 Å². The number of ether oxygens (including phenoxy) is 1. The molecule has 0 spiro atoms. The number of carbonyl (C=O) groups is 2. The van der Waals surface area contributed by atoms with Crippen LogP contribution in [0.5, 0.6) is 0 Å². The van der Waals surface area contributed by atoms with Crippen LogP contribution in [-0.4, -0.2) is 41.6 Å². The van der Waals surface area contributed by atoms with Crippen molar-refractivity contribution in [1.29, 1.82) is 5.26 Å². The van der Waals surface area contributed by atoms with Crippen LogP contribution in [0.2, 0.25) is 0 Å². The van der Waals surface area contributed by atoms with Gasteiger partial charge in [-0.1, -0.05) is 0 Å². The number of alkyl carbamates (subject to hydrolysis) is 1. The lowest BCUT2D eigenvalue weighted by Crippen LogP contribution is -2.60. The molecule has 0 aromatic heterocycles. The van der Waals surface area contributed by atoms with Crippen LogP contribution in [0.15, 0.2) is 0 Å². The highest BCUT2D eigenvalue weighted by molar-refractivity contribution is 5.79. The van der Waals surface area contributed by atoms with E-state index in [0.29, 0.717) is 6.54 Å². The molecule has 1 fully saturated rings. The van der Waals surface area contributed by atoms with Crippen molar-refractivity contribution in [1.82, 2.24) is 10.2 Å². The van der Waals surface area contributed by atoms with E-state index in [2.05, 4.69) is 5.32 Å². The number of rotatable bonds is 4. The Morgan fingerprint density at radius 3 is 2.40 bits per heavy atom. The smallest absolute Gasteiger partial charge is 0.407 e. The minimum absolute atomic E-state index is 0.134. The van der Waals surface area contributed by atoms with Gasteiger partial charge in [0.25, 0.3) is 0 Å². The summed E-state index contributed by atoms with van der Waals surface area (Å²) in [5.41, 5.74) is -0.912. The molecule has 1 N–H and O–H groups in total. The average molecular weight is 281 g/mol. The molecule has 0 saturated heterocycles. The molecular weight excluding hydrogens is 258 g/mol. The lowest BCUT2D eigenvalue weighted by atomic mass is 9.75. The van der Waals surface area contributed by atoms with Gasteiger partial charge in [-0.15, -0.1) is 0 Å². The van der Waals surface area contributed by atoms with Gasteiger partial charge < -0.3 is 15.0 Å². The van der Waals surface area contributed by atoms with Gasteiger partial charge in [-0.05, 0) is 40.0 Å². The minimum atomic E-state index is -0.542. The molecule has 112 valence electrons. The fourth-order valence-corrected chi connectivity index (χ4v) is 2.22. The molecule has 0 bridgehead atoms. The number of carbonyl (C=O) groups excluding carboxylic acids is 2. The predicted molar refractivity (Wildman–Crippen MR) is 73.8 cm³/mol. The summed E-state index contributed by atoms with van der Waals surface area (Å²) in [4.78, 5) is 25.1. The van der Waals surface area contributed by atoms with Crippen LogP contribution >= 0.6 is 0 Å². The zero-order valence-corrected chi connectivity index (χ0v) is 12.7. The first-order valence-electron chi connectivity index (χ1n) is 6.81. The minimum Gasteiger partial charge on any atom is -0.444 e. The third-order valence-electron chi connectivity index (χ3n) is 3.56. The molecule has 1 aliphatic rings. The monoisotopic (exact) mass is 281 g/mol. The van der Waals surface area contributed by atoms with Crippen molar-refractivity contribution >= 4 is 12.0 Å². The summed E-state index contributed by atoms with van der Waals surface area (Å²) in [7, 11) is 1.69. The van der Waals surface area contributed by atoms with E-state index in [0.717, 1.165) is 19.3 Å². The Bertz CT molecular complexity index is 416. The second-order valence-electron chi connectivity index (χ2n) is 6.22. The zero-order valence-electron chi connectivity index (χ0n) is 12.7. The highest BCUT2D eigenvalue weighted by Crippen LogP contribution is 2.36. The van der Waals surface area contributed by atoms with Crippen molar-refractivity contribution in [2.45, 2.75) is 57.6 Å². The maximum Gasteiger partial charge on any atom is 0.407 e. The third kappa shape index (κ3) is 4.12. The molecule has 2 amide bonds. The Morgan fingerprint density at radius 1 is 1.40 bits per heavy atom. The van der Waals surface area contributed by atoms with E-state index in [-0.39, 0.29) is 17.9 Å². The number of likely N-dealkylation sites (N-methyl/N-ethyl adjacent to an activating group) is 1. The van der Waals surface area contributed by atoms with Gasteiger partial charge in [-0.3, -0.25) is 4.79 Å². The first-order chi connectivity index (χ1) is 9.20. The Morgan fingerprint density at radius 2 is 2.00 bits per heavy atom. The summed E-state index contributed by atoms with van der Waals surface area (Å²) in [6.45, 7) is 5.76. The number of nitrogens with one attached hydrogen (secondary N) is 1. The highest BCUT2D eigenvalue weighted by atomic mass is 16.6. The molecule has 0 heterocycles. The van der Waals surface area contributed by atoms with Crippen molar-refractivity contribution < 1.29 is 14.3 Å². The van der Waals surface area contributed by atoms with Gasteiger partial charge in [0.05, 0.1) is 11.6 Å². The second-order valence-corrected chi connectivity index (χ2v) is 6.22. The average Bonchev–Trinajstić information content (AvgIpc) is 2.25. The molecule has 6 nitrogen and oxygen atoms in total. The quantitative estimate of drug-likeness (QED) is 0.852. The van der Waals surface area contributed by atoms with E-state index >= 15 is 0 Å². The largest absolute Gasteiger partial charge is 0.444 e. The number of hydrogen-bond acceptors (Lipinski definition) is 4. The Balaban J connectivity index is 2.56. The van der Waals surface area contributed by atoms with Crippen molar-refractivity contribution in [3.05, 3.63) is 0 Å². The molecule has 0 unspecified atom stereocenters. The van der Waals surface area contributed by atoms with Crippen LogP contribution in [0.4, 0.5) is 4.79 Å². The van der Waals surface area contributed by atoms with Gasteiger partial charge >= 0.3 is 6.09 Å². The van der Waals surface area contributed by atoms with E-state index in [9.17, 15) is 9.59 Å². The summed E-state index contributed by atoms with van der Waals surface area (Å²) < 4.78 is 5.18. The molecule has 6 heteroatoms. The van der Waals surface area contributed by atoms with Gasteiger partial charge in [-0.2, -0.15) is 5.26 Å². The molecular formula is C14H23N3O3. The fourth-order valence-electron chi connectivity index (χ4n) is 2.22. The van der Waals surface area contributed by atoms with E-state index < -0.39 is 11.7 Å². The van der Waals surface area contributed by atoms with Gasteiger partial charge in [0.1, 0.15) is 12.0 Å².